The van der Waals surface area contributed by atoms with Gasteiger partial charge >= 0.3 is 0 Å². The predicted octanol–water partition coefficient (Wildman–Crippen LogP) is 5.32. The van der Waals surface area contributed by atoms with E-state index >= 15 is 0 Å². The van der Waals surface area contributed by atoms with Crippen molar-refractivity contribution >= 4 is 21.8 Å². The highest BCUT2D eigenvalue weighted by Crippen LogP contribution is 2.33. The van der Waals surface area contributed by atoms with Crippen LogP contribution in [0, 0.1) is 6.92 Å². The van der Waals surface area contributed by atoms with Crippen molar-refractivity contribution in [3.05, 3.63) is 72.1 Å². The molecule has 0 spiro atoms. The molecule has 23 heavy (non-hydrogen) atoms. The van der Waals surface area contributed by atoms with Gasteiger partial charge in [0, 0.05) is 23.2 Å². The molecule has 2 aromatic carbocycles. The van der Waals surface area contributed by atoms with Crippen molar-refractivity contribution in [2.24, 2.45) is 0 Å². The standard InChI is InChI=1S/C21H18N2/c1-3-15-10-14(2)11-17(12-15)19-13-16-6-4-8-22-20(16)21-18(19)7-5-9-23-21/h4-13H,3H2,1-2H3. The fourth-order valence-electron chi connectivity index (χ4n) is 3.24. The molecule has 112 valence electrons. The van der Waals surface area contributed by atoms with E-state index in [0.717, 1.165) is 28.2 Å². The first-order valence-corrected chi connectivity index (χ1v) is 7.99. The first-order chi connectivity index (χ1) is 11.3. The van der Waals surface area contributed by atoms with E-state index in [9.17, 15) is 0 Å². The first kappa shape index (κ1) is 13.9. The van der Waals surface area contributed by atoms with Gasteiger partial charge in [-0.15, -0.1) is 0 Å². The second-order valence-electron chi connectivity index (χ2n) is 5.96. The highest BCUT2D eigenvalue weighted by atomic mass is 14.7. The lowest BCUT2D eigenvalue weighted by Crippen LogP contribution is -1.91. The second-order valence-corrected chi connectivity index (χ2v) is 5.96. The molecular weight excluding hydrogens is 280 g/mol. The maximum absolute atomic E-state index is 4.60. The van der Waals surface area contributed by atoms with Crippen molar-refractivity contribution in [3.63, 3.8) is 0 Å². The van der Waals surface area contributed by atoms with Gasteiger partial charge in [0.05, 0.1) is 11.0 Å². The molecule has 0 amide bonds. The number of nitrogens with zero attached hydrogens (tertiary/aromatic N) is 2. The van der Waals surface area contributed by atoms with Gasteiger partial charge in [0.15, 0.2) is 0 Å². The fourth-order valence-corrected chi connectivity index (χ4v) is 3.24. The van der Waals surface area contributed by atoms with Crippen LogP contribution >= 0.6 is 0 Å². The molecule has 4 rings (SSSR count). The molecule has 4 aromatic rings. The van der Waals surface area contributed by atoms with E-state index in [4.69, 9.17) is 0 Å². The summed E-state index contributed by atoms with van der Waals surface area (Å²) in [5.74, 6) is 0. The normalized spacial score (nSPS) is 11.2. The molecule has 2 nitrogen and oxygen atoms in total. The topological polar surface area (TPSA) is 25.8 Å². The molecule has 0 bridgehead atoms. The molecule has 2 aromatic heterocycles. The Kier molecular flexibility index (Phi) is 3.30. The third-order valence-electron chi connectivity index (χ3n) is 4.32. The quantitative estimate of drug-likeness (QED) is 0.468. The lowest BCUT2D eigenvalue weighted by Gasteiger charge is -2.11. The van der Waals surface area contributed by atoms with Crippen molar-refractivity contribution in [2.75, 3.05) is 0 Å². The molecule has 0 N–H and O–H groups in total. The number of aromatic nitrogens is 2. The maximum Gasteiger partial charge on any atom is 0.0970 e. The summed E-state index contributed by atoms with van der Waals surface area (Å²) < 4.78 is 0. The third kappa shape index (κ3) is 2.36. The number of aryl methyl sites for hydroxylation is 2. The molecule has 0 radical (unpaired) electrons. The molecule has 2 heteroatoms. The van der Waals surface area contributed by atoms with Gasteiger partial charge in [0.2, 0.25) is 0 Å². The Morgan fingerprint density at radius 1 is 0.870 bits per heavy atom. The highest BCUT2D eigenvalue weighted by Gasteiger charge is 2.10. The summed E-state index contributed by atoms with van der Waals surface area (Å²) in [6.45, 7) is 4.36. The number of fused-ring (bicyclic) bond motifs is 3. The molecule has 0 atom stereocenters. The Morgan fingerprint density at radius 2 is 1.65 bits per heavy atom. The minimum absolute atomic E-state index is 0.968. The zero-order valence-corrected chi connectivity index (χ0v) is 13.4. The maximum atomic E-state index is 4.60. The van der Waals surface area contributed by atoms with E-state index in [1.54, 1.807) is 0 Å². The van der Waals surface area contributed by atoms with Gasteiger partial charge in [-0.1, -0.05) is 42.8 Å². The van der Waals surface area contributed by atoms with E-state index in [0.29, 0.717) is 0 Å². The molecule has 0 unspecified atom stereocenters. The Morgan fingerprint density at radius 3 is 2.48 bits per heavy atom. The Bertz CT molecular complexity index is 1020. The number of hydrogen-bond donors (Lipinski definition) is 0. The van der Waals surface area contributed by atoms with Crippen molar-refractivity contribution in [3.8, 4) is 11.1 Å². The fraction of sp³-hybridized carbons (Fsp3) is 0.143. The highest BCUT2D eigenvalue weighted by molar-refractivity contribution is 6.10. The molecule has 0 aliphatic carbocycles. The zero-order valence-electron chi connectivity index (χ0n) is 13.4. The lowest BCUT2D eigenvalue weighted by molar-refractivity contribution is 1.13. The molecule has 0 saturated heterocycles. The summed E-state index contributed by atoms with van der Waals surface area (Å²) in [6.07, 6.45) is 4.71. The summed E-state index contributed by atoms with van der Waals surface area (Å²) in [4.78, 5) is 9.13. The summed E-state index contributed by atoms with van der Waals surface area (Å²) in [5, 5.41) is 2.29. The number of pyridine rings is 2. The molecular formula is C21H18N2. The van der Waals surface area contributed by atoms with Gasteiger partial charge < -0.3 is 0 Å². The Balaban J connectivity index is 2.11. The average Bonchev–Trinajstić information content (AvgIpc) is 2.60. The molecule has 0 fully saturated rings. The SMILES string of the molecule is CCc1cc(C)cc(-c2cc3cccnc3c3ncccc23)c1. The average molecular weight is 298 g/mol. The van der Waals surface area contributed by atoms with E-state index in [1.165, 1.54) is 22.3 Å². The van der Waals surface area contributed by atoms with Crippen molar-refractivity contribution in [1.29, 1.82) is 0 Å². The van der Waals surface area contributed by atoms with Crippen LogP contribution in [0.15, 0.2) is 60.9 Å². The minimum atomic E-state index is 0.968. The third-order valence-corrected chi connectivity index (χ3v) is 4.32. The number of benzene rings is 2. The van der Waals surface area contributed by atoms with Crippen molar-refractivity contribution in [2.45, 2.75) is 20.3 Å². The molecule has 2 heterocycles. The van der Waals surface area contributed by atoms with Gasteiger partial charge in [-0.05, 0) is 48.2 Å². The second kappa shape index (κ2) is 5.47. The van der Waals surface area contributed by atoms with Crippen LogP contribution < -0.4 is 0 Å². The molecule has 0 saturated carbocycles. The summed E-state index contributed by atoms with van der Waals surface area (Å²) in [6, 6.07) is 17.3. The van der Waals surface area contributed by atoms with E-state index in [-0.39, 0.29) is 0 Å². The van der Waals surface area contributed by atoms with Crippen LogP contribution in [0.1, 0.15) is 18.1 Å². The van der Waals surface area contributed by atoms with E-state index in [1.807, 2.05) is 24.5 Å². The number of hydrogen-bond acceptors (Lipinski definition) is 2. The van der Waals surface area contributed by atoms with Crippen LogP contribution in [0.5, 0.6) is 0 Å². The minimum Gasteiger partial charge on any atom is -0.254 e. The van der Waals surface area contributed by atoms with Crippen molar-refractivity contribution < 1.29 is 0 Å². The van der Waals surface area contributed by atoms with E-state index in [2.05, 4.69) is 60.2 Å². The van der Waals surface area contributed by atoms with Crippen LogP contribution in [-0.2, 0) is 6.42 Å². The summed E-state index contributed by atoms with van der Waals surface area (Å²) in [7, 11) is 0. The Hall–Kier alpha value is -2.74. The molecule has 0 aliphatic rings. The summed E-state index contributed by atoms with van der Waals surface area (Å²) >= 11 is 0. The largest absolute Gasteiger partial charge is 0.254 e. The van der Waals surface area contributed by atoms with Crippen LogP contribution in [0.2, 0.25) is 0 Å². The van der Waals surface area contributed by atoms with Crippen LogP contribution in [0.25, 0.3) is 32.9 Å². The predicted molar refractivity (Wildman–Crippen MR) is 96.6 cm³/mol. The van der Waals surface area contributed by atoms with Gasteiger partial charge in [0.25, 0.3) is 0 Å². The van der Waals surface area contributed by atoms with Crippen molar-refractivity contribution in [1.82, 2.24) is 9.97 Å². The van der Waals surface area contributed by atoms with Gasteiger partial charge in [-0.25, -0.2) is 0 Å². The molecule has 0 aliphatic heterocycles. The zero-order chi connectivity index (χ0) is 15.8. The van der Waals surface area contributed by atoms with Crippen LogP contribution in [-0.4, -0.2) is 9.97 Å². The lowest BCUT2D eigenvalue weighted by atomic mass is 9.94. The van der Waals surface area contributed by atoms with Crippen LogP contribution in [0.3, 0.4) is 0 Å². The Labute approximate surface area is 135 Å². The van der Waals surface area contributed by atoms with Crippen LogP contribution in [0.4, 0.5) is 0 Å². The monoisotopic (exact) mass is 298 g/mol. The van der Waals surface area contributed by atoms with Gasteiger partial charge in [-0.3, -0.25) is 9.97 Å². The number of rotatable bonds is 2. The summed E-state index contributed by atoms with van der Waals surface area (Å²) in [5.41, 5.74) is 7.08. The van der Waals surface area contributed by atoms with Gasteiger partial charge in [0.1, 0.15) is 0 Å². The van der Waals surface area contributed by atoms with E-state index < -0.39 is 0 Å². The smallest absolute Gasteiger partial charge is 0.0970 e. The van der Waals surface area contributed by atoms with Gasteiger partial charge in [-0.2, -0.15) is 0 Å². The first-order valence-electron chi connectivity index (χ1n) is 7.99.